The monoisotopic (exact) mass is 394 g/mol. The number of amides is 2. The highest BCUT2D eigenvalue weighted by atomic mass is 19.1. The van der Waals surface area contributed by atoms with Crippen LogP contribution in [0, 0.1) is 11.7 Å². The lowest BCUT2D eigenvalue weighted by Crippen LogP contribution is -2.38. The number of nitrogens with zero attached hydrogens (tertiary/aromatic N) is 2. The fourth-order valence-corrected chi connectivity index (χ4v) is 3.89. The fourth-order valence-electron chi connectivity index (χ4n) is 3.89. The highest BCUT2D eigenvalue weighted by Crippen LogP contribution is 2.28. The highest BCUT2D eigenvalue weighted by molar-refractivity contribution is 5.83. The Balaban J connectivity index is 1.93. The third-order valence-electron chi connectivity index (χ3n) is 5.37. The van der Waals surface area contributed by atoms with Crippen molar-refractivity contribution in [3.8, 4) is 11.1 Å². The van der Waals surface area contributed by atoms with E-state index >= 15 is 0 Å². The van der Waals surface area contributed by atoms with Crippen LogP contribution in [0.4, 0.5) is 4.39 Å². The Kier molecular flexibility index (Phi) is 6.81. The van der Waals surface area contributed by atoms with Gasteiger partial charge in [-0.05, 0) is 35.2 Å². The van der Waals surface area contributed by atoms with Crippen molar-refractivity contribution in [2.24, 2.45) is 5.92 Å². The van der Waals surface area contributed by atoms with Crippen molar-refractivity contribution >= 4 is 11.8 Å². The minimum Gasteiger partial charge on any atom is -0.340 e. The Hall–Kier alpha value is -2.95. The number of halogens is 1. The summed E-state index contributed by atoms with van der Waals surface area (Å²) in [6, 6.07) is 14.2. The molecular weight excluding hydrogens is 367 g/mol. The second-order valence-electron chi connectivity index (χ2n) is 7.33. The van der Waals surface area contributed by atoms with Gasteiger partial charge < -0.3 is 9.80 Å². The van der Waals surface area contributed by atoms with Crippen LogP contribution in [0.15, 0.2) is 61.2 Å². The van der Waals surface area contributed by atoms with Crippen molar-refractivity contribution < 1.29 is 14.0 Å². The van der Waals surface area contributed by atoms with Gasteiger partial charge in [-0.2, -0.15) is 0 Å². The van der Waals surface area contributed by atoms with Gasteiger partial charge in [0.1, 0.15) is 5.82 Å². The first-order chi connectivity index (χ1) is 14.0. The smallest absolute Gasteiger partial charge is 0.228 e. The summed E-state index contributed by atoms with van der Waals surface area (Å²) in [7, 11) is 0. The molecule has 1 aliphatic rings. The third kappa shape index (κ3) is 4.91. The van der Waals surface area contributed by atoms with Gasteiger partial charge >= 0.3 is 0 Å². The quantitative estimate of drug-likeness (QED) is 0.697. The lowest BCUT2D eigenvalue weighted by Gasteiger charge is -2.24. The molecule has 0 bridgehead atoms. The normalized spacial score (nSPS) is 17.2. The van der Waals surface area contributed by atoms with Gasteiger partial charge in [-0.3, -0.25) is 9.59 Å². The molecule has 0 aromatic heterocycles. The molecule has 0 radical (unpaired) electrons. The van der Waals surface area contributed by atoms with Crippen LogP contribution in [0.1, 0.15) is 18.9 Å². The summed E-state index contributed by atoms with van der Waals surface area (Å²) in [5.74, 6) is -0.547. The van der Waals surface area contributed by atoms with Crippen molar-refractivity contribution in [1.82, 2.24) is 9.80 Å². The molecule has 2 aromatic rings. The summed E-state index contributed by atoms with van der Waals surface area (Å²) >= 11 is 0. The zero-order valence-corrected chi connectivity index (χ0v) is 16.8. The standard InChI is InChI=1S/C24H27FN2O2/c1-3-12-26-13-14-27(23(28)4-2)17-20(24(26)29)15-18-8-5-6-11-22(18)19-9-7-10-21(25)16-19/h3,5-11,16,20H,1,4,12-15,17H2,2H3/t20-/m1/s1. The molecule has 5 heteroatoms. The fraction of sp³-hybridized carbons (Fsp3) is 0.333. The topological polar surface area (TPSA) is 40.6 Å². The van der Waals surface area contributed by atoms with Crippen molar-refractivity contribution in [3.63, 3.8) is 0 Å². The highest BCUT2D eigenvalue weighted by Gasteiger charge is 2.31. The minimum absolute atomic E-state index is 0.0327. The summed E-state index contributed by atoms with van der Waals surface area (Å²) in [5.41, 5.74) is 2.67. The van der Waals surface area contributed by atoms with E-state index in [9.17, 15) is 14.0 Å². The Morgan fingerprint density at radius 2 is 2.00 bits per heavy atom. The first-order valence-corrected chi connectivity index (χ1v) is 10.0. The number of rotatable bonds is 6. The molecule has 1 atom stereocenters. The molecule has 1 saturated heterocycles. The van der Waals surface area contributed by atoms with E-state index in [2.05, 4.69) is 6.58 Å². The maximum atomic E-state index is 13.8. The zero-order chi connectivity index (χ0) is 20.8. The molecule has 0 saturated carbocycles. The van der Waals surface area contributed by atoms with Crippen LogP contribution in [0.3, 0.4) is 0 Å². The predicted octanol–water partition coefficient (Wildman–Crippen LogP) is 3.92. The predicted molar refractivity (Wildman–Crippen MR) is 113 cm³/mol. The van der Waals surface area contributed by atoms with Crippen molar-refractivity contribution in [1.29, 1.82) is 0 Å². The van der Waals surface area contributed by atoms with Gasteiger partial charge in [0.25, 0.3) is 0 Å². The average molecular weight is 394 g/mol. The summed E-state index contributed by atoms with van der Waals surface area (Å²) < 4.78 is 13.8. The van der Waals surface area contributed by atoms with E-state index in [4.69, 9.17) is 0 Å². The van der Waals surface area contributed by atoms with E-state index in [0.717, 1.165) is 16.7 Å². The number of carbonyl (C=O) groups excluding carboxylic acids is 2. The Morgan fingerprint density at radius 1 is 1.21 bits per heavy atom. The van der Waals surface area contributed by atoms with E-state index in [1.807, 2.05) is 37.3 Å². The number of carbonyl (C=O) groups is 2. The van der Waals surface area contributed by atoms with Crippen LogP contribution in [0.5, 0.6) is 0 Å². The van der Waals surface area contributed by atoms with E-state index < -0.39 is 0 Å². The SMILES string of the molecule is C=CCN1CCN(C(=O)CC)C[C@@H](Cc2ccccc2-c2cccc(F)c2)C1=O. The average Bonchev–Trinajstić information content (AvgIpc) is 2.88. The summed E-state index contributed by atoms with van der Waals surface area (Å²) in [4.78, 5) is 29.1. The molecule has 4 nitrogen and oxygen atoms in total. The summed E-state index contributed by atoms with van der Waals surface area (Å²) in [6.45, 7) is 7.50. The molecule has 29 heavy (non-hydrogen) atoms. The molecule has 1 heterocycles. The van der Waals surface area contributed by atoms with Crippen molar-refractivity contribution in [3.05, 3.63) is 72.6 Å². The molecule has 3 rings (SSSR count). The van der Waals surface area contributed by atoms with Crippen molar-refractivity contribution in [2.75, 3.05) is 26.2 Å². The van der Waals surface area contributed by atoms with Crippen LogP contribution >= 0.6 is 0 Å². The molecule has 0 N–H and O–H groups in total. The summed E-state index contributed by atoms with van der Waals surface area (Å²) in [6.07, 6.45) is 2.63. The Morgan fingerprint density at radius 3 is 2.72 bits per heavy atom. The second kappa shape index (κ2) is 9.50. The lowest BCUT2D eigenvalue weighted by atomic mass is 9.91. The van der Waals surface area contributed by atoms with Crippen molar-refractivity contribution in [2.45, 2.75) is 19.8 Å². The Labute approximate surface area is 171 Å². The Bertz CT molecular complexity index is 896. The molecule has 0 unspecified atom stereocenters. The molecule has 152 valence electrons. The largest absolute Gasteiger partial charge is 0.340 e. The van der Waals surface area contributed by atoms with E-state index in [0.29, 0.717) is 39.0 Å². The van der Waals surface area contributed by atoms with E-state index in [-0.39, 0.29) is 23.5 Å². The van der Waals surface area contributed by atoms with Gasteiger partial charge in [0.05, 0.1) is 5.92 Å². The zero-order valence-electron chi connectivity index (χ0n) is 16.8. The van der Waals surface area contributed by atoms with Gasteiger partial charge in [-0.15, -0.1) is 6.58 Å². The molecule has 2 amide bonds. The van der Waals surface area contributed by atoms with E-state index in [1.165, 1.54) is 12.1 Å². The molecule has 2 aromatic carbocycles. The number of hydrogen-bond donors (Lipinski definition) is 0. The van der Waals surface area contributed by atoms with Gasteiger partial charge in [0, 0.05) is 32.6 Å². The van der Waals surface area contributed by atoms with E-state index in [1.54, 1.807) is 21.9 Å². The van der Waals surface area contributed by atoms with Crippen LogP contribution in [0.2, 0.25) is 0 Å². The molecule has 1 fully saturated rings. The van der Waals surface area contributed by atoms with Gasteiger partial charge in [0.2, 0.25) is 11.8 Å². The van der Waals surface area contributed by atoms with Crippen LogP contribution < -0.4 is 0 Å². The number of benzene rings is 2. The van der Waals surface area contributed by atoms with Crippen LogP contribution in [-0.2, 0) is 16.0 Å². The first kappa shape index (κ1) is 20.8. The molecule has 0 aliphatic carbocycles. The first-order valence-electron chi connectivity index (χ1n) is 10.0. The maximum Gasteiger partial charge on any atom is 0.228 e. The third-order valence-corrected chi connectivity index (χ3v) is 5.37. The molecule has 0 spiro atoms. The second-order valence-corrected chi connectivity index (χ2v) is 7.33. The number of hydrogen-bond acceptors (Lipinski definition) is 2. The van der Waals surface area contributed by atoms with Gasteiger partial charge in [-0.25, -0.2) is 4.39 Å². The van der Waals surface area contributed by atoms with Gasteiger partial charge in [-0.1, -0.05) is 49.4 Å². The summed E-state index contributed by atoms with van der Waals surface area (Å²) in [5, 5.41) is 0. The molecular formula is C24H27FN2O2. The van der Waals surface area contributed by atoms with Crippen LogP contribution in [0.25, 0.3) is 11.1 Å². The molecule has 1 aliphatic heterocycles. The maximum absolute atomic E-state index is 13.8. The van der Waals surface area contributed by atoms with Crippen LogP contribution in [-0.4, -0.2) is 47.8 Å². The lowest BCUT2D eigenvalue weighted by molar-refractivity contribution is -0.134. The van der Waals surface area contributed by atoms with Gasteiger partial charge in [0.15, 0.2) is 0 Å². The minimum atomic E-state index is -0.345.